The van der Waals surface area contributed by atoms with Gasteiger partial charge in [0, 0.05) is 27.1 Å². The molecular weight excluding hydrogens is 767 g/mol. The second kappa shape index (κ2) is 13.8. The summed E-state index contributed by atoms with van der Waals surface area (Å²) in [6.45, 7) is 0. The molecule has 0 atom stereocenters. The molecule has 294 valence electrons. The molecule has 9 aromatic carbocycles. The van der Waals surface area contributed by atoms with E-state index in [1.807, 2.05) is 72.8 Å². The summed E-state index contributed by atoms with van der Waals surface area (Å²) in [5, 5.41) is -1.05. The van der Waals surface area contributed by atoms with Gasteiger partial charge in [0.25, 0.3) is 0 Å². The van der Waals surface area contributed by atoms with Crippen molar-refractivity contribution >= 4 is 43.6 Å². The maximum Gasteiger partial charge on any atom is 0.240 e. The fraction of sp³-hybridized carbons (Fsp3) is 0.0172. The molecule has 63 heavy (non-hydrogen) atoms. The summed E-state index contributed by atoms with van der Waals surface area (Å²) >= 11 is 0. The van der Waals surface area contributed by atoms with Crippen molar-refractivity contribution in [2.45, 2.75) is 5.41 Å². The third-order valence-electron chi connectivity index (χ3n) is 12.0. The van der Waals surface area contributed by atoms with Crippen molar-refractivity contribution in [2.24, 2.45) is 0 Å². The van der Waals surface area contributed by atoms with E-state index in [0.717, 1.165) is 53.6 Å². The SMILES string of the molecule is [2H]c1c([2H])c([2H])c2c(c1[2H])c1c([2H])c([2H])c([2H])c([2H])c1n2-c1nc(-c2ccc(-c3cccc4c3-c3ccccc3C4(c3ccccc3)c3ccccc3)cc2)nc(-n2c3c([2H])c([2H])c([2H])c([2H])c3c3c([2H])c([2H])c([2H])c([2H])c32)n1. The average molecular weight is 820 g/mol. The zero-order valence-electron chi connectivity index (χ0n) is 48.9. The maximum atomic E-state index is 9.27. The second-order valence-electron chi connectivity index (χ2n) is 15.2. The molecule has 0 aliphatic heterocycles. The lowest BCUT2D eigenvalue weighted by Crippen LogP contribution is -2.28. The number of benzene rings is 9. The molecule has 3 heterocycles. The van der Waals surface area contributed by atoms with E-state index in [2.05, 4.69) is 42.5 Å². The number of hydrogen-bond acceptors (Lipinski definition) is 3. The van der Waals surface area contributed by atoms with Crippen LogP contribution >= 0.6 is 0 Å². The van der Waals surface area contributed by atoms with Crippen molar-refractivity contribution in [3.05, 3.63) is 246 Å². The predicted molar refractivity (Wildman–Crippen MR) is 257 cm³/mol. The van der Waals surface area contributed by atoms with Crippen molar-refractivity contribution in [2.75, 3.05) is 0 Å². The highest BCUT2D eigenvalue weighted by atomic mass is 15.3. The Labute approximate surface area is 386 Å². The molecule has 0 unspecified atom stereocenters. The molecule has 0 saturated heterocycles. The normalized spacial score (nSPS) is 16.4. The minimum Gasteiger partial charge on any atom is -0.278 e. The van der Waals surface area contributed by atoms with Gasteiger partial charge in [0.05, 0.1) is 49.4 Å². The Morgan fingerprint density at radius 3 is 1.29 bits per heavy atom. The molecule has 0 fully saturated rings. The fourth-order valence-electron chi connectivity index (χ4n) is 9.46. The molecule has 1 aliphatic carbocycles. The molecule has 0 saturated carbocycles. The number of para-hydroxylation sites is 4. The van der Waals surface area contributed by atoms with Crippen molar-refractivity contribution in [3.8, 4) is 45.5 Å². The van der Waals surface area contributed by atoms with E-state index in [9.17, 15) is 5.48 Å². The molecule has 0 radical (unpaired) electrons. The zero-order valence-corrected chi connectivity index (χ0v) is 32.9. The van der Waals surface area contributed by atoms with Gasteiger partial charge in [-0.3, -0.25) is 9.13 Å². The standard InChI is InChI=1S/C58H37N5/c1-3-18-40(19-4-1)58(41-20-5-2-6-21-41)48-28-12-7-26-47(48)54-42(27-17-29-49(54)58)38-34-36-39(37-35-38)55-59-56(62-50-30-13-8-22-43(50)44-23-9-14-31-51(44)62)61-57(60-55)63-52-32-15-10-24-45(52)46-25-11-16-33-53(46)63/h1-37H/i8D,9D,10D,11D,13D,14D,15D,16D,22D,23D,24D,25D,30D,31D,32D,33D. The average Bonchev–Trinajstić information content (AvgIpc) is 2.89. The van der Waals surface area contributed by atoms with E-state index >= 15 is 0 Å². The number of hydrogen-bond donors (Lipinski definition) is 0. The van der Waals surface area contributed by atoms with Gasteiger partial charge in [0.2, 0.25) is 11.9 Å². The molecule has 12 aromatic rings. The van der Waals surface area contributed by atoms with Crippen LogP contribution in [0.15, 0.2) is 224 Å². The van der Waals surface area contributed by atoms with E-state index in [-0.39, 0.29) is 49.4 Å². The van der Waals surface area contributed by atoms with Crippen LogP contribution in [0.2, 0.25) is 0 Å². The predicted octanol–water partition coefficient (Wildman–Crippen LogP) is 13.8. The number of aromatic nitrogens is 5. The van der Waals surface area contributed by atoms with Crippen LogP contribution in [0.1, 0.15) is 44.2 Å². The topological polar surface area (TPSA) is 48.5 Å². The van der Waals surface area contributed by atoms with E-state index in [0.29, 0.717) is 5.56 Å². The third kappa shape index (κ3) is 5.14. The summed E-state index contributed by atoms with van der Waals surface area (Å²) in [6, 6.07) is 32.1. The van der Waals surface area contributed by atoms with Crippen molar-refractivity contribution in [1.82, 2.24) is 24.1 Å². The van der Waals surface area contributed by atoms with Gasteiger partial charge in [-0.2, -0.15) is 15.0 Å². The Hall–Kier alpha value is -8.41. The van der Waals surface area contributed by atoms with Crippen molar-refractivity contribution < 1.29 is 21.9 Å². The fourth-order valence-corrected chi connectivity index (χ4v) is 9.46. The highest BCUT2D eigenvalue weighted by Crippen LogP contribution is 2.58. The molecule has 1 aliphatic rings. The smallest absolute Gasteiger partial charge is 0.240 e. The van der Waals surface area contributed by atoms with Crippen molar-refractivity contribution in [1.29, 1.82) is 0 Å². The van der Waals surface area contributed by atoms with Gasteiger partial charge < -0.3 is 0 Å². The Bertz CT molecular complexity index is 4300. The number of fused-ring (bicyclic) bond motifs is 9. The lowest BCUT2D eigenvalue weighted by atomic mass is 9.67. The first kappa shape index (κ1) is 23.0. The van der Waals surface area contributed by atoms with Crippen molar-refractivity contribution in [3.63, 3.8) is 0 Å². The monoisotopic (exact) mass is 819 g/mol. The van der Waals surface area contributed by atoms with Crippen LogP contribution in [0.3, 0.4) is 0 Å². The summed E-state index contributed by atoms with van der Waals surface area (Å²) in [5.41, 5.74) is 6.47. The zero-order chi connectivity index (χ0) is 55.4. The van der Waals surface area contributed by atoms with E-state index in [4.69, 9.17) is 31.4 Å². The van der Waals surface area contributed by atoms with Gasteiger partial charge in [-0.1, -0.05) is 200 Å². The molecule has 0 spiro atoms. The molecule has 0 bridgehead atoms. The largest absolute Gasteiger partial charge is 0.278 e. The molecule has 5 nitrogen and oxygen atoms in total. The van der Waals surface area contributed by atoms with Gasteiger partial charge in [-0.15, -0.1) is 0 Å². The lowest BCUT2D eigenvalue weighted by molar-refractivity contribution is 0.768. The molecule has 0 amide bonds. The Kier molecular flexibility index (Phi) is 5.04. The first-order chi connectivity index (χ1) is 37.9. The maximum absolute atomic E-state index is 9.27. The van der Waals surface area contributed by atoms with Gasteiger partial charge in [-0.25, -0.2) is 0 Å². The molecular formula is C58H37N5. The molecule has 3 aromatic heterocycles. The summed E-state index contributed by atoms with van der Waals surface area (Å²) in [7, 11) is 0. The van der Waals surface area contributed by atoms with Crippen LogP contribution in [-0.2, 0) is 5.41 Å². The molecule has 0 N–H and O–H groups in total. The van der Waals surface area contributed by atoms with Gasteiger partial charge in [0.15, 0.2) is 5.82 Å². The van der Waals surface area contributed by atoms with Crippen LogP contribution in [0, 0.1) is 0 Å². The third-order valence-corrected chi connectivity index (χ3v) is 12.0. The Morgan fingerprint density at radius 1 is 0.365 bits per heavy atom. The summed E-state index contributed by atoms with van der Waals surface area (Å²) in [6.07, 6.45) is 0. The van der Waals surface area contributed by atoms with Crippen LogP contribution in [0.4, 0.5) is 0 Å². The van der Waals surface area contributed by atoms with Crippen LogP contribution in [-0.4, -0.2) is 24.1 Å². The minimum atomic E-state index is -0.698. The van der Waals surface area contributed by atoms with E-state index in [1.165, 1.54) is 0 Å². The van der Waals surface area contributed by atoms with Gasteiger partial charge in [0.1, 0.15) is 0 Å². The number of rotatable bonds is 6. The Balaban J connectivity index is 1.12. The van der Waals surface area contributed by atoms with Crippen LogP contribution in [0.25, 0.3) is 89.2 Å². The van der Waals surface area contributed by atoms with Crippen LogP contribution in [0.5, 0.6) is 0 Å². The second-order valence-corrected chi connectivity index (χ2v) is 15.2. The quantitative estimate of drug-likeness (QED) is 0.168. The number of nitrogens with zero attached hydrogens (tertiary/aromatic N) is 5. The summed E-state index contributed by atoms with van der Waals surface area (Å²) in [5.74, 6) is -1.08. The molecule has 5 heteroatoms. The molecule has 13 rings (SSSR count). The van der Waals surface area contributed by atoms with E-state index in [1.54, 1.807) is 12.1 Å². The van der Waals surface area contributed by atoms with Gasteiger partial charge in [-0.05, 0) is 68.7 Å². The minimum absolute atomic E-state index is 0.143. The highest BCUT2D eigenvalue weighted by Gasteiger charge is 2.46. The van der Waals surface area contributed by atoms with E-state index < -0.39 is 114 Å². The Morgan fingerprint density at radius 2 is 0.778 bits per heavy atom. The first-order valence-electron chi connectivity index (χ1n) is 28.1. The summed E-state index contributed by atoms with van der Waals surface area (Å²) in [4.78, 5) is 14.6. The lowest BCUT2D eigenvalue weighted by Gasteiger charge is -2.34. The van der Waals surface area contributed by atoms with Crippen LogP contribution < -0.4 is 0 Å². The highest BCUT2D eigenvalue weighted by molar-refractivity contribution is 6.10. The van der Waals surface area contributed by atoms with Gasteiger partial charge >= 0.3 is 0 Å². The first-order valence-corrected chi connectivity index (χ1v) is 20.1. The summed E-state index contributed by atoms with van der Waals surface area (Å²) < 4.78 is 145.